The molecular formula is C2H3AsBr2O2. The predicted octanol–water partition coefficient (Wildman–Crippen LogP) is 1.61. The maximum absolute atomic E-state index is 10.3. The SMILES string of the molecule is COC(=O)[As](Br)Br. The van der Waals surface area contributed by atoms with Gasteiger partial charge in [-0.25, -0.2) is 0 Å². The monoisotopic (exact) mass is 292 g/mol. The summed E-state index contributed by atoms with van der Waals surface area (Å²) in [6.45, 7) is 0. The van der Waals surface area contributed by atoms with E-state index in [-0.39, 0.29) is 4.76 Å². The van der Waals surface area contributed by atoms with Crippen LogP contribution in [0.15, 0.2) is 0 Å². The third-order valence-electron chi connectivity index (χ3n) is 0.313. The normalized spacial score (nSPS) is 9.14. The van der Waals surface area contributed by atoms with Crippen molar-refractivity contribution in [3.05, 3.63) is 0 Å². The second-order valence-corrected chi connectivity index (χ2v) is 14.8. The number of rotatable bonds is 1. The van der Waals surface area contributed by atoms with Crippen LogP contribution in [0, 0.1) is 0 Å². The van der Waals surface area contributed by atoms with Crippen LogP contribution in [0.3, 0.4) is 0 Å². The topological polar surface area (TPSA) is 26.3 Å². The average molecular weight is 294 g/mol. The number of hydrogen-bond acceptors (Lipinski definition) is 2. The van der Waals surface area contributed by atoms with Crippen molar-refractivity contribution in [2.75, 3.05) is 7.11 Å². The van der Waals surface area contributed by atoms with Gasteiger partial charge in [-0.2, -0.15) is 0 Å². The van der Waals surface area contributed by atoms with E-state index in [0.29, 0.717) is 0 Å². The van der Waals surface area contributed by atoms with Crippen LogP contribution in [0.5, 0.6) is 0 Å². The molecule has 2 nitrogen and oxygen atoms in total. The van der Waals surface area contributed by atoms with E-state index in [9.17, 15) is 4.79 Å². The Morgan fingerprint density at radius 2 is 2.14 bits per heavy atom. The second-order valence-electron chi connectivity index (χ2n) is 0.703. The molecule has 0 aromatic carbocycles. The summed E-state index contributed by atoms with van der Waals surface area (Å²) in [5.41, 5.74) is 0. The van der Waals surface area contributed by atoms with Crippen molar-refractivity contribution in [3.8, 4) is 0 Å². The zero-order valence-electron chi connectivity index (χ0n) is 3.52. The molecule has 0 N–H and O–H groups in total. The van der Waals surface area contributed by atoms with Gasteiger partial charge in [-0.15, -0.1) is 0 Å². The Bertz CT molecular complexity index is 74.1. The Kier molecular flexibility index (Phi) is 4.48. The van der Waals surface area contributed by atoms with Crippen LogP contribution in [0.4, 0.5) is 4.79 Å². The quantitative estimate of drug-likeness (QED) is 0.687. The molecule has 7 heavy (non-hydrogen) atoms. The molecule has 0 aromatic heterocycles. The first-order valence-corrected chi connectivity index (χ1v) is 11.1. The van der Waals surface area contributed by atoms with Crippen molar-refractivity contribution in [1.82, 2.24) is 0 Å². The molecule has 0 saturated carbocycles. The fraction of sp³-hybridized carbons (Fsp3) is 0.500. The van der Waals surface area contributed by atoms with Crippen molar-refractivity contribution >= 4 is 43.5 Å². The van der Waals surface area contributed by atoms with Crippen LogP contribution < -0.4 is 0 Å². The Morgan fingerprint density at radius 3 is 2.14 bits per heavy atom. The summed E-state index contributed by atoms with van der Waals surface area (Å²) in [4.78, 5) is 10.3. The molecule has 0 spiro atoms. The summed E-state index contributed by atoms with van der Waals surface area (Å²) in [7, 11) is -0.190. The fourth-order valence-corrected chi connectivity index (χ4v) is 1.86. The van der Waals surface area contributed by atoms with E-state index >= 15 is 0 Å². The molecular weight excluding hydrogens is 291 g/mol. The van der Waals surface area contributed by atoms with Gasteiger partial charge in [-0.1, -0.05) is 0 Å². The van der Waals surface area contributed by atoms with Crippen molar-refractivity contribution in [1.29, 1.82) is 0 Å². The van der Waals surface area contributed by atoms with Crippen LogP contribution in [-0.2, 0) is 4.74 Å². The van der Waals surface area contributed by atoms with E-state index in [2.05, 4.69) is 32.6 Å². The zero-order valence-corrected chi connectivity index (χ0v) is 8.57. The number of hydrogen-bond donors (Lipinski definition) is 0. The molecule has 0 fully saturated rings. The van der Waals surface area contributed by atoms with Crippen LogP contribution in [0.25, 0.3) is 0 Å². The molecule has 5 heteroatoms. The molecule has 42 valence electrons. The zero-order chi connectivity index (χ0) is 5.86. The third-order valence-corrected chi connectivity index (χ3v) is 4.28. The van der Waals surface area contributed by atoms with Gasteiger partial charge in [0.05, 0.1) is 0 Å². The van der Waals surface area contributed by atoms with Gasteiger partial charge in [0.25, 0.3) is 0 Å². The van der Waals surface area contributed by atoms with Crippen molar-refractivity contribution in [2.45, 2.75) is 0 Å². The summed E-state index contributed by atoms with van der Waals surface area (Å²) < 4.78 is 4.17. The molecule has 0 aromatic rings. The summed E-state index contributed by atoms with van der Waals surface area (Å²) in [6.07, 6.45) is 0. The van der Waals surface area contributed by atoms with Gasteiger partial charge in [-0.05, 0) is 0 Å². The Hall–Kier alpha value is 0.988. The summed E-state index contributed by atoms with van der Waals surface area (Å²) in [5, 5.41) is 0. The first-order valence-electron chi connectivity index (χ1n) is 1.38. The summed E-state index contributed by atoms with van der Waals surface area (Å²) in [5.74, 6) is 0. The average Bonchev–Trinajstić information content (AvgIpc) is 1.65. The van der Waals surface area contributed by atoms with E-state index < -0.39 is 10.9 Å². The first-order chi connectivity index (χ1) is 3.18. The number of carbonyl (C=O) groups is 1. The van der Waals surface area contributed by atoms with Crippen LogP contribution >= 0.6 is 27.9 Å². The Balaban J connectivity index is 3.35. The van der Waals surface area contributed by atoms with Gasteiger partial charge in [-0.3, -0.25) is 0 Å². The second kappa shape index (κ2) is 3.93. The van der Waals surface area contributed by atoms with Crippen molar-refractivity contribution < 1.29 is 9.53 Å². The van der Waals surface area contributed by atoms with Gasteiger partial charge in [0, 0.05) is 0 Å². The van der Waals surface area contributed by atoms with Crippen molar-refractivity contribution in [3.63, 3.8) is 0 Å². The van der Waals surface area contributed by atoms with Gasteiger partial charge in [0.15, 0.2) is 0 Å². The number of ether oxygens (including phenoxy) is 1. The third kappa shape index (κ3) is 3.56. The number of methoxy groups -OCH3 is 1. The molecule has 0 amide bonds. The van der Waals surface area contributed by atoms with E-state index in [1.54, 1.807) is 0 Å². The van der Waals surface area contributed by atoms with E-state index in [1.807, 2.05) is 0 Å². The van der Waals surface area contributed by atoms with Crippen LogP contribution in [0.2, 0.25) is 0 Å². The molecule has 0 rings (SSSR count). The molecule has 0 atom stereocenters. The van der Waals surface area contributed by atoms with Gasteiger partial charge < -0.3 is 0 Å². The van der Waals surface area contributed by atoms with Gasteiger partial charge in [0.1, 0.15) is 0 Å². The minimum atomic E-state index is -1.56. The van der Waals surface area contributed by atoms with E-state index in [4.69, 9.17) is 0 Å². The van der Waals surface area contributed by atoms with Crippen molar-refractivity contribution in [2.24, 2.45) is 0 Å². The summed E-state index contributed by atoms with van der Waals surface area (Å²) in [6, 6.07) is 0. The minimum absolute atomic E-state index is 0.174. The summed E-state index contributed by atoms with van der Waals surface area (Å²) >= 11 is 6.18. The molecule has 0 unspecified atom stereocenters. The standard InChI is InChI=1S/C2H3AsBr2O2/c1-7-2(6)3(4)5/h1H3. The predicted molar refractivity (Wildman–Crippen MR) is 36.0 cm³/mol. The van der Waals surface area contributed by atoms with E-state index in [1.165, 1.54) is 7.11 Å². The molecule has 0 aliphatic rings. The van der Waals surface area contributed by atoms with Crippen LogP contribution in [-0.4, -0.2) is 22.8 Å². The molecule has 0 aliphatic heterocycles. The number of halogens is 2. The fourth-order valence-electron chi connectivity index (χ4n) is 0.0690. The molecule has 0 heterocycles. The molecule has 0 saturated heterocycles. The van der Waals surface area contributed by atoms with Gasteiger partial charge in [0.2, 0.25) is 0 Å². The Morgan fingerprint density at radius 1 is 1.71 bits per heavy atom. The molecule has 0 radical (unpaired) electrons. The maximum atomic E-state index is 10.3. The molecule has 0 bridgehead atoms. The molecule has 0 aliphatic carbocycles. The van der Waals surface area contributed by atoms with Gasteiger partial charge >= 0.3 is 60.2 Å². The van der Waals surface area contributed by atoms with E-state index in [0.717, 1.165) is 0 Å². The number of carbonyl (C=O) groups excluding carboxylic acids is 1. The first kappa shape index (κ1) is 7.99. The van der Waals surface area contributed by atoms with Crippen LogP contribution in [0.1, 0.15) is 0 Å². The Labute approximate surface area is 60.0 Å².